The number of imide groups is 1. The second kappa shape index (κ2) is 4.37. The Balaban J connectivity index is 1.92. The van der Waals surface area contributed by atoms with Crippen molar-refractivity contribution in [1.29, 1.82) is 0 Å². The Kier molecular flexibility index (Phi) is 2.43. The Labute approximate surface area is 107 Å². The quantitative estimate of drug-likeness (QED) is 0.753. The lowest BCUT2D eigenvalue weighted by Crippen LogP contribution is -2.39. The van der Waals surface area contributed by atoms with Gasteiger partial charge < -0.3 is 0 Å². The zero-order valence-corrected chi connectivity index (χ0v) is 9.90. The first-order valence-electron chi connectivity index (χ1n) is 6.63. The Morgan fingerprint density at radius 2 is 2.22 bits per heavy atom. The zero-order chi connectivity index (χ0) is 13.4. The third-order valence-corrected chi connectivity index (χ3v) is 3.46. The lowest BCUT2D eigenvalue weighted by molar-refractivity contribution is -0.134. The average Bonchev–Trinajstić information content (AvgIpc) is 2.38. The molecule has 1 N–H and O–H groups in total. The van der Waals surface area contributed by atoms with Gasteiger partial charge in [0.25, 0.3) is 0 Å². The van der Waals surface area contributed by atoms with Gasteiger partial charge in [0.1, 0.15) is 0 Å². The zero-order valence-electron chi connectivity index (χ0n) is 10.9. The molecule has 1 saturated heterocycles. The molecule has 0 bridgehead atoms. The van der Waals surface area contributed by atoms with Crippen LogP contribution in [0.5, 0.6) is 0 Å². The molecule has 4 nitrogen and oxygen atoms in total. The summed E-state index contributed by atoms with van der Waals surface area (Å²) in [6.07, 6.45) is 2.07. The van der Waals surface area contributed by atoms with Crippen LogP contribution < -0.4 is 5.32 Å². The Hall–Kier alpha value is -1.97. The number of carbonyl (C=O) groups excluding carboxylic acids is 2. The molecule has 2 aliphatic rings. The predicted octanol–water partition coefficient (Wildman–Crippen LogP) is 1.18. The Bertz CT molecular complexity index is 595. The fraction of sp³-hybridized carbons (Fsp3) is 0.357. The first-order chi connectivity index (χ1) is 9.15. The summed E-state index contributed by atoms with van der Waals surface area (Å²) < 4.78 is 7.76. The maximum atomic E-state index is 11.8. The molecule has 1 fully saturated rings. The molecule has 2 heterocycles. The van der Waals surface area contributed by atoms with E-state index in [-0.39, 0.29) is 17.7 Å². The Morgan fingerprint density at radius 3 is 3.06 bits per heavy atom. The van der Waals surface area contributed by atoms with E-state index in [1.54, 1.807) is 0 Å². The summed E-state index contributed by atoms with van der Waals surface area (Å²) in [6.45, 7) is 0.630. The predicted molar refractivity (Wildman–Crippen MR) is 67.7 cm³/mol. The molecule has 0 spiro atoms. The summed E-state index contributed by atoms with van der Waals surface area (Å²) in [5.41, 5.74) is 2.85. The number of nitrogens with zero attached hydrogens (tertiary/aromatic N) is 1. The van der Waals surface area contributed by atoms with Crippen molar-refractivity contribution in [3.05, 3.63) is 34.9 Å². The lowest BCUT2D eigenvalue weighted by Gasteiger charge is -2.22. The monoisotopic (exact) mass is 243 g/mol. The molecule has 1 atom stereocenters. The van der Waals surface area contributed by atoms with Gasteiger partial charge in [0.05, 0.1) is 7.29 Å². The van der Waals surface area contributed by atoms with E-state index in [1.165, 1.54) is 0 Å². The standard InChI is InChI=1S/C14H14N2O2/c17-13-4-3-12(14(18)16-13)10-1-2-11-8-15-6-5-9(11)7-10/h1-2,7-8,12H,3-6H2,(H,16,17,18)/i8D. The summed E-state index contributed by atoms with van der Waals surface area (Å²) in [6, 6.07) is 5.71. The third-order valence-electron chi connectivity index (χ3n) is 3.46. The molecule has 0 aromatic heterocycles. The van der Waals surface area contributed by atoms with Crippen molar-refractivity contribution in [3.8, 4) is 0 Å². The number of piperidine rings is 1. The summed E-state index contributed by atoms with van der Waals surface area (Å²) in [5.74, 6) is -0.664. The summed E-state index contributed by atoms with van der Waals surface area (Å²) >= 11 is 0. The maximum Gasteiger partial charge on any atom is 0.234 e. The fourth-order valence-electron chi connectivity index (χ4n) is 2.48. The number of carbonyl (C=O) groups is 2. The van der Waals surface area contributed by atoms with Crippen molar-refractivity contribution in [2.45, 2.75) is 25.2 Å². The highest BCUT2D eigenvalue weighted by molar-refractivity contribution is 6.01. The minimum atomic E-state index is -0.254. The molecule has 1 unspecified atom stereocenters. The van der Waals surface area contributed by atoms with Crippen LogP contribution >= 0.6 is 0 Å². The van der Waals surface area contributed by atoms with Gasteiger partial charge in [0.2, 0.25) is 11.8 Å². The average molecular weight is 243 g/mol. The Morgan fingerprint density at radius 1 is 1.33 bits per heavy atom. The molecule has 0 radical (unpaired) electrons. The first kappa shape index (κ1) is 10.00. The molecular weight excluding hydrogens is 228 g/mol. The van der Waals surface area contributed by atoms with Gasteiger partial charge in [-0.05, 0) is 29.5 Å². The van der Waals surface area contributed by atoms with Gasteiger partial charge in [-0.3, -0.25) is 19.9 Å². The molecule has 92 valence electrons. The van der Waals surface area contributed by atoms with Crippen LogP contribution in [-0.4, -0.2) is 24.5 Å². The lowest BCUT2D eigenvalue weighted by atomic mass is 9.88. The van der Waals surface area contributed by atoms with Gasteiger partial charge in [0.15, 0.2) is 0 Å². The van der Waals surface area contributed by atoms with Crippen LogP contribution in [0.2, 0.25) is 0 Å². The number of aliphatic imine (C=N–C) groups is 1. The minimum absolute atomic E-state index is 0.195. The van der Waals surface area contributed by atoms with Gasteiger partial charge >= 0.3 is 0 Å². The van der Waals surface area contributed by atoms with Crippen LogP contribution in [0.3, 0.4) is 0 Å². The van der Waals surface area contributed by atoms with Crippen molar-refractivity contribution in [3.63, 3.8) is 0 Å². The van der Waals surface area contributed by atoms with Crippen molar-refractivity contribution >= 4 is 18.0 Å². The second-order valence-electron chi connectivity index (χ2n) is 4.66. The van der Waals surface area contributed by atoms with Crippen LogP contribution in [-0.2, 0) is 16.0 Å². The highest BCUT2D eigenvalue weighted by Gasteiger charge is 2.28. The number of benzene rings is 1. The number of rotatable bonds is 1. The van der Waals surface area contributed by atoms with Crippen LogP contribution in [0, 0.1) is 0 Å². The number of hydrogen-bond donors (Lipinski definition) is 1. The molecule has 3 rings (SSSR count). The van der Waals surface area contributed by atoms with Gasteiger partial charge in [0, 0.05) is 19.2 Å². The maximum absolute atomic E-state index is 11.8. The molecule has 0 aliphatic carbocycles. The van der Waals surface area contributed by atoms with Crippen molar-refractivity contribution in [2.24, 2.45) is 4.99 Å². The number of hydrogen-bond acceptors (Lipinski definition) is 3. The van der Waals surface area contributed by atoms with E-state index >= 15 is 0 Å². The van der Waals surface area contributed by atoms with Crippen molar-refractivity contribution < 1.29 is 11.0 Å². The van der Waals surface area contributed by atoms with Crippen LogP contribution in [0.25, 0.3) is 0 Å². The molecule has 18 heavy (non-hydrogen) atoms. The van der Waals surface area contributed by atoms with Gasteiger partial charge in [-0.2, -0.15) is 0 Å². The van der Waals surface area contributed by atoms with E-state index in [0.717, 1.165) is 23.1 Å². The molecule has 2 aliphatic heterocycles. The fourth-order valence-corrected chi connectivity index (χ4v) is 2.48. The molecule has 1 aromatic carbocycles. The first-order valence-corrected chi connectivity index (χ1v) is 6.13. The smallest absolute Gasteiger partial charge is 0.234 e. The van der Waals surface area contributed by atoms with Crippen molar-refractivity contribution in [1.82, 2.24) is 5.32 Å². The van der Waals surface area contributed by atoms with Crippen LogP contribution in [0.15, 0.2) is 23.2 Å². The number of fused-ring (bicyclic) bond motifs is 1. The van der Waals surface area contributed by atoms with Gasteiger partial charge in [-0.1, -0.05) is 18.2 Å². The van der Waals surface area contributed by atoms with Crippen LogP contribution in [0.1, 0.15) is 36.8 Å². The summed E-state index contributed by atoms with van der Waals surface area (Å²) in [7, 11) is 0. The second-order valence-corrected chi connectivity index (χ2v) is 4.66. The topological polar surface area (TPSA) is 58.5 Å². The number of amides is 2. The summed E-state index contributed by atoms with van der Waals surface area (Å²) in [5, 5.41) is 2.38. The van der Waals surface area contributed by atoms with Crippen molar-refractivity contribution in [2.75, 3.05) is 6.54 Å². The summed E-state index contributed by atoms with van der Waals surface area (Å²) in [4.78, 5) is 27.1. The molecule has 0 saturated carbocycles. The minimum Gasteiger partial charge on any atom is -0.296 e. The van der Waals surface area contributed by atoms with E-state index in [0.29, 0.717) is 25.6 Å². The van der Waals surface area contributed by atoms with E-state index in [2.05, 4.69) is 10.3 Å². The largest absolute Gasteiger partial charge is 0.296 e. The van der Waals surface area contributed by atoms with E-state index < -0.39 is 0 Å². The number of nitrogens with one attached hydrogen (secondary N) is 1. The highest BCUT2D eigenvalue weighted by atomic mass is 16.2. The molecule has 4 heteroatoms. The molecule has 1 aromatic rings. The van der Waals surface area contributed by atoms with E-state index in [4.69, 9.17) is 1.37 Å². The molecule has 2 amide bonds. The SMILES string of the molecule is [2H]C1=NCCc2cc(C3CCC(=O)NC3=O)ccc21. The normalized spacial score (nSPS) is 23.9. The third kappa shape index (κ3) is 1.94. The highest BCUT2D eigenvalue weighted by Crippen LogP contribution is 2.27. The van der Waals surface area contributed by atoms with E-state index in [1.807, 2.05) is 18.2 Å². The molecular formula is C14H14N2O2. The van der Waals surface area contributed by atoms with E-state index in [9.17, 15) is 9.59 Å². The van der Waals surface area contributed by atoms with Gasteiger partial charge in [-0.15, -0.1) is 0 Å². The van der Waals surface area contributed by atoms with Gasteiger partial charge in [-0.25, -0.2) is 0 Å². The van der Waals surface area contributed by atoms with Crippen LogP contribution in [0.4, 0.5) is 0 Å².